The number of ether oxygens (including phenoxy) is 1. The molecule has 1 aliphatic heterocycles. The summed E-state index contributed by atoms with van der Waals surface area (Å²) in [7, 11) is 0. The molecule has 0 bridgehead atoms. The third kappa shape index (κ3) is 4.14. The maximum absolute atomic E-state index is 13.8. The Labute approximate surface area is 149 Å². The summed E-state index contributed by atoms with van der Waals surface area (Å²) in [4.78, 5) is 15.2. The minimum atomic E-state index is -0.732. The van der Waals surface area contributed by atoms with Crippen molar-refractivity contribution in [2.45, 2.75) is 45.3 Å². The van der Waals surface area contributed by atoms with E-state index in [1.54, 1.807) is 4.90 Å². The van der Waals surface area contributed by atoms with Gasteiger partial charge in [-0.25, -0.2) is 13.6 Å². The van der Waals surface area contributed by atoms with Crippen molar-refractivity contribution in [1.82, 2.24) is 25.1 Å². The van der Waals surface area contributed by atoms with Crippen molar-refractivity contribution in [2.24, 2.45) is 0 Å². The molecule has 1 fully saturated rings. The summed E-state index contributed by atoms with van der Waals surface area (Å²) in [5, 5.41) is 12.1. The normalized spacial score (nSPS) is 16.0. The van der Waals surface area contributed by atoms with Gasteiger partial charge in [-0.15, -0.1) is 10.2 Å². The highest BCUT2D eigenvalue weighted by atomic mass is 19.1. The van der Waals surface area contributed by atoms with Gasteiger partial charge in [-0.2, -0.15) is 4.80 Å². The maximum Gasteiger partial charge on any atom is 0.410 e. The van der Waals surface area contributed by atoms with Crippen LogP contribution in [0.2, 0.25) is 0 Å². The number of aromatic nitrogens is 4. The topological polar surface area (TPSA) is 73.1 Å². The van der Waals surface area contributed by atoms with Gasteiger partial charge >= 0.3 is 6.09 Å². The Kier molecular flexibility index (Phi) is 4.88. The number of nitrogens with zero attached hydrogens (tertiary/aromatic N) is 5. The van der Waals surface area contributed by atoms with Crippen LogP contribution >= 0.6 is 0 Å². The molecule has 9 heteroatoms. The van der Waals surface area contributed by atoms with Crippen LogP contribution in [0.1, 0.15) is 39.7 Å². The number of hydrogen-bond acceptors (Lipinski definition) is 5. The molecule has 0 atom stereocenters. The smallest absolute Gasteiger partial charge is 0.410 e. The van der Waals surface area contributed by atoms with Gasteiger partial charge in [-0.3, -0.25) is 0 Å². The zero-order chi connectivity index (χ0) is 18.9. The lowest BCUT2D eigenvalue weighted by Gasteiger charge is -2.32. The molecule has 140 valence electrons. The van der Waals surface area contributed by atoms with Crippen LogP contribution < -0.4 is 0 Å². The molecule has 2 aromatic rings. The summed E-state index contributed by atoms with van der Waals surface area (Å²) in [5.41, 5.74) is -0.431. The molecule has 1 aromatic heterocycles. The summed E-state index contributed by atoms with van der Waals surface area (Å²) in [6, 6.07) is 3.18. The first-order valence-corrected chi connectivity index (χ1v) is 8.46. The predicted octanol–water partition coefficient (Wildman–Crippen LogP) is 3.19. The van der Waals surface area contributed by atoms with Gasteiger partial charge in [0.25, 0.3) is 0 Å². The third-order valence-corrected chi connectivity index (χ3v) is 4.04. The predicted molar refractivity (Wildman–Crippen MR) is 89.2 cm³/mol. The molecule has 26 heavy (non-hydrogen) atoms. The molecule has 0 spiro atoms. The van der Waals surface area contributed by atoms with Crippen LogP contribution in [0.4, 0.5) is 13.6 Å². The van der Waals surface area contributed by atoms with Crippen molar-refractivity contribution in [3.8, 4) is 11.4 Å². The van der Waals surface area contributed by atoms with Crippen molar-refractivity contribution in [1.29, 1.82) is 0 Å². The quantitative estimate of drug-likeness (QED) is 0.817. The largest absolute Gasteiger partial charge is 0.444 e. The van der Waals surface area contributed by atoms with E-state index in [1.165, 1.54) is 10.9 Å². The van der Waals surface area contributed by atoms with Gasteiger partial charge in [-0.1, -0.05) is 0 Å². The first-order chi connectivity index (χ1) is 12.2. The fraction of sp³-hybridized carbons (Fsp3) is 0.529. The van der Waals surface area contributed by atoms with Crippen LogP contribution in [-0.4, -0.2) is 49.9 Å². The molecule has 3 rings (SSSR count). The van der Waals surface area contributed by atoms with E-state index in [0.29, 0.717) is 25.9 Å². The average Bonchev–Trinajstić information content (AvgIpc) is 3.03. The first kappa shape index (κ1) is 18.2. The van der Waals surface area contributed by atoms with Crippen molar-refractivity contribution in [3.63, 3.8) is 0 Å². The van der Waals surface area contributed by atoms with Gasteiger partial charge < -0.3 is 9.64 Å². The Morgan fingerprint density at radius 1 is 1.23 bits per heavy atom. The number of halogens is 2. The van der Waals surface area contributed by atoms with Crippen molar-refractivity contribution in [3.05, 3.63) is 29.8 Å². The first-order valence-electron chi connectivity index (χ1n) is 8.46. The minimum Gasteiger partial charge on any atom is -0.444 e. The number of carbonyl (C=O) groups is 1. The number of hydrogen-bond donors (Lipinski definition) is 0. The number of benzene rings is 1. The average molecular weight is 365 g/mol. The maximum atomic E-state index is 13.8. The van der Waals surface area contributed by atoms with Gasteiger partial charge in [0.05, 0.1) is 11.6 Å². The molecule has 1 amide bonds. The second kappa shape index (κ2) is 6.97. The fourth-order valence-electron chi connectivity index (χ4n) is 2.76. The molecule has 1 aromatic carbocycles. The van der Waals surface area contributed by atoms with E-state index < -0.39 is 17.2 Å². The number of likely N-dealkylation sites (tertiary alicyclic amines) is 1. The van der Waals surface area contributed by atoms with Crippen LogP contribution in [0.25, 0.3) is 11.4 Å². The molecule has 0 saturated carbocycles. The number of rotatable bonds is 2. The van der Waals surface area contributed by atoms with E-state index in [0.717, 1.165) is 12.1 Å². The molecule has 1 aliphatic rings. The molecule has 1 saturated heterocycles. The highest BCUT2D eigenvalue weighted by Gasteiger charge is 2.28. The minimum absolute atomic E-state index is 0.0431. The van der Waals surface area contributed by atoms with Crippen LogP contribution in [0.3, 0.4) is 0 Å². The lowest BCUT2D eigenvalue weighted by molar-refractivity contribution is 0.0179. The Bertz CT molecular complexity index is 795. The lowest BCUT2D eigenvalue weighted by atomic mass is 10.1. The van der Waals surface area contributed by atoms with E-state index in [9.17, 15) is 13.6 Å². The van der Waals surface area contributed by atoms with E-state index >= 15 is 0 Å². The zero-order valence-corrected chi connectivity index (χ0v) is 14.9. The standard InChI is InChI=1S/C17H21F2N5O2/c1-17(2,3)26-16(25)23-8-6-12(7-9-23)24-21-15(20-22-24)13-5-4-11(18)10-14(13)19/h4-5,10,12H,6-9H2,1-3H3. The van der Waals surface area contributed by atoms with E-state index in [1.807, 2.05) is 20.8 Å². The van der Waals surface area contributed by atoms with Gasteiger partial charge in [0.1, 0.15) is 17.2 Å². The third-order valence-electron chi connectivity index (χ3n) is 4.04. The lowest BCUT2D eigenvalue weighted by Crippen LogP contribution is -2.42. The van der Waals surface area contributed by atoms with E-state index in [4.69, 9.17) is 4.74 Å². The van der Waals surface area contributed by atoms with Gasteiger partial charge in [-0.05, 0) is 51.0 Å². The second-order valence-corrected chi connectivity index (χ2v) is 7.26. The Hall–Kier alpha value is -2.58. The Morgan fingerprint density at radius 3 is 2.54 bits per heavy atom. The zero-order valence-electron chi connectivity index (χ0n) is 14.9. The Morgan fingerprint density at radius 2 is 1.92 bits per heavy atom. The van der Waals surface area contributed by atoms with Crippen molar-refractivity contribution >= 4 is 6.09 Å². The summed E-state index contributed by atoms with van der Waals surface area (Å²) in [5.74, 6) is -1.28. The van der Waals surface area contributed by atoms with Crippen LogP contribution in [0.15, 0.2) is 18.2 Å². The SMILES string of the molecule is CC(C)(C)OC(=O)N1CCC(n2nnc(-c3ccc(F)cc3F)n2)CC1. The summed E-state index contributed by atoms with van der Waals surface area (Å²) in [6.07, 6.45) is 0.943. The highest BCUT2D eigenvalue weighted by Crippen LogP contribution is 2.24. The Balaban J connectivity index is 1.64. The molecule has 0 aliphatic carbocycles. The number of amides is 1. The second-order valence-electron chi connectivity index (χ2n) is 7.26. The molecule has 0 unspecified atom stereocenters. The number of tetrazole rings is 1. The fourth-order valence-corrected chi connectivity index (χ4v) is 2.76. The summed E-state index contributed by atoms with van der Waals surface area (Å²) in [6.45, 7) is 6.51. The van der Waals surface area contributed by atoms with Crippen molar-refractivity contribution < 1.29 is 18.3 Å². The number of piperidine rings is 1. The monoisotopic (exact) mass is 365 g/mol. The van der Waals surface area contributed by atoms with Gasteiger partial charge in [0.2, 0.25) is 5.82 Å². The molecular weight excluding hydrogens is 344 g/mol. The van der Waals surface area contributed by atoms with Gasteiger partial charge in [0, 0.05) is 19.2 Å². The summed E-state index contributed by atoms with van der Waals surface area (Å²) >= 11 is 0. The van der Waals surface area contributed by atoms with Crippen LogP contribution in [0, 0.1) is 11.6 Å². The van der Waals surface area contributed by atoms with E-state index in [2.05, 4.69) is 15.4 Å². The van der Waals surface area contributed by atoms with Crippen LogP contribution in [0.5, 0.6) is 0 Å². The van der Waals surface area contributed by atoms with Crippen LogP contribution in [-0.2, 0) is 4.74 Å². The van der Waals surface area contributed by atoms with E-state index in [-0.39, 0.29) is 23.5 Å². The van der Waals surface area contributed by atoms with Gasteiger partial charge in [0.15, 0.2) is 0 Å². The van der Waals surface area contributed by atoms with Crippen molar-refractivity contribution in [2.75, 3.05) is 13.1 Å². The molecule has 7 nitrogen and oxygen atoms in total. The highest BCUT2D eigenvalue weighted by molar-refractivity contribution is 5.68. The molecule has 0 N–H and O–H groups in total. The number of carbonyl (C=O) groups excluding carboxylic acids is 1. The summed E-state index contributed by atoms with van der Waals surface area (Å²) < 4.78 is 32.2. The molecule has 2 heterocycles. The molecular formula is C17H21F2N5O2. The molecule has 0 radical (unpaired) electrons.